The molecule has 0 spiro atoms. The Morgan fingerprint density at radius 2 is 1.75 bits per heavy atom. The van der Waals surface area contributed by atoms with E-state index in [0.717, 1.165) is 24.3 Å². The van der Waals surface area contributed by atoms with Crippen molar-refractivity contribution < 1.29 is 23.5 Å². The van der Waals surface area contributed by atoms with Crippen LogP contribution in [-0.2, 0) is 17.3 Å². The molecule has 5 rings (SSSR count). The molecule has 1 aliphatic rings. The summed E-state index contributed by atoms with van der Waals surface area (Å²) >= 11 is 0. The van der Waals surface area contributed by atoms with Gasteiger partial charge in [0.2, 0.25) is 5.89 Å². The predicted octanol–water partition coefficient (Wildman–Crippen LogP) is 8.01. The van der Waals surface area contributed by atoms with Crippen LogP contribution in [0.3, 0.4) is 0 Å². The number of aryl methyl sites for hydroxylation is 1. The van der Waals surface area contributed by atoms with Gasteiger partial charge in [-0.15, -0.1) is 0 Å². The van der Waals surface area contributed by atoms with Crippen molar-refractivity contribution in [2.45, 2.75) is 64.8 Å². The van der Waals surface area contributed by atoms with E-state index >= 15 is 0 Å². The number of carboxylic acids is 1. The lowest BCUT2D eigenvalue weighted by Gasteiger charge is -2.40. The van der Waals surface area contributed by atoms with Crippen LogP contribution in [0, 0.1) is 12.8 Å². The van der Waals surface area contributed by atoms with Crippen molar-refractivity contribution >= 4 is 14.3 Å². The van der Waals surface area contributed by atoms with Crippen molar-refractivity contribution in [2.75, 3.05) is 0 Å². The third kappa shape index (κ3) is 5.73. The highest BCUT2D eigenvalue weighted by Crippen LogP contribution is 2.45. The van der Waals surface area contributed by atoms with Crippen molar-refractivity contribution in [3.05, 3.63) is 95.1 Å². The molecule has 1 N–H and O–H groups in total. The van der Waals surface area contributed by atoms with E-state index in [9.17, 15) is 9.90 Å². The lowest BCUT2D eigenvalue weighted by Crippen LogP contribution is -2.43. The maximum absolute atomic E-state index is 11.6. The van der Waals surface area contributed by atoms with Gasteiger partial charge in [0.25, 0.3) is 0 Å². The van der Waals surface area contributed by atoms with Crippen LogP contribution in [0.15, 0.2) is 71.3 Å². The van der Waals surface area contributed by atoms with Gasteiger partial charge in [-0.1, -0.05) is 51.1 Å². The van der Waals surface area contributed by atoms with E-state index in [4.69, 9.17) is 13.6 Å². The number of oxazole rings is 1. The summed E-state index contributed by atoms with van der Waals surface area (Å²) in [6.07, 6.45) is 2.91. The molecule has 7 nitrogen and oxygen atoms in total. The molecule has 8 heteroatoms. The molecule has 2 aromatic heterocycles. The van der Waals surface area contributed by atoms with Gasteiger partial charge in [0, 0.05) is 5.92 Å². The minimum Gasteiger partial charge on any atom is -0.477 e. The van der Waals surface area contributed by atoms with Crippen LogP contribution >= 0.6 is 0 Å². The van der Waals surface area contributed by atoms with E-state index < -0.39 is 14.3 Å². The van der Waals surface area contributed by atoms with Gasteiger partial charge in [0.1, 0.15) is 23.3 Å². The molecule has 1 aliphatic carbocycles. The van der Waals surface area contributed by atoms with Gasteiger partial charge in [-0.25, -0.2) is 14.8 Å². The molecule has 2 unspecified atom stereocenters. The van der Waals surface area contributed by atoms with Crippen molar-refractivity contribution in [2.24, 2.45) is 5.92 Å². The highest BCUT2D eigenvalue weighted by molar-refractivity contribution is 6.74. The van der Waals surface area contributed by atoms with E-state index in [0.29, 0.717) is 22.9 Å². The summed E-state index contributed by atoms with van der Waals surface area (Å²) in [7, 11) is -2.20. The van der Waals surface area contributed by atoms with Crippen LogP contribution in [0.1, 0.15) is 59.9 Å². The van der Waals surface area contributed by atoms with Crippen molar-refractivity contribution in [3.8, 4) is 23.0 Å². The van der Waals surface area contributed by atoms with Crippen LogP contribution in [0.25, 0.3) is 11.5 Å². The standard InChI is InChI=1S/C32H36N2O5Si/c1-20-12-15-26(34-28(20)31(35)36)27-19-33-30(38-27)29(39-40(5,6)32(2,3)4)23-16-21-13-14-25(18-22(21)17-23)37-24-10-8-7-9-11-24/h7-15,18-19,23,29H,16-17H2,1-6H3,(H,35,36). The molecule has 40 heavy (non-hydrogen) atoms. The summed E-state index contributed by atoms with van der Waals surface area (Å²) in [5, 5.41) is 9.53. The zero-order chi connectivity index (χ0) is 28.7. The number of carbonyl (C=O) groups is 1. The Morgan fingerprint density at radius 3 is 2.45 bits per heavy atom. The Hall–Kier alpha value is -3.75. The molecular weight excluding hydrogens is 520 g/mol. The average Bonchev–Trinajstić information content (AvgIpc) is 3.55. The molecule has 0 aliphatic heterocycles. The van der Waals surface area contributed by atoms with Crippen LogP contribution in [0.5, 0.6) is 11.5 Å². The number of aromatic nitrogens is 2. The number of aromatic carboxylic acids is 1. The van der Waals surface area contributed by atoms with E-state index in [2.05, 4.69) is 56.0 Å². The summed E-state index contributed by atoms with van der Waals surface area (Å²) in [4.78, 5) is 20.6. The van der Waals surface area contributed by atoms with Crippen LogP contribution < -0.4 is 4.74 Å². The smallest absolute Gasteiger partial charge is 0.354 e. The largest absolute Gasteiger partial charge is 0.477 e. The van der Waals surface area contributed by atoms with Crippen LogP contribution in [0.4, 0.5) is 0 Å². The van der Waals surface area contributed by atoms with E-state index in [-0.39, 0.29) is 22.8 Å². The molecule has 0 saturated heterocycles. The van der Waals surface area contributed by atoms with Gasteiger partial charge in [-0.3, -0.25) is 0 Å². The maximum Gasteiger partial charge on any atom is 0.354 e. The molecular formula is C32H36N2O5Si. The zero-order valence-corrected chi connectivity index (χ0v) is 24.9. The number of benzene rings is 2. The average molecular weight is 557 g/mol. The second-order valence-corrected chi connectivity index (χ2v) is 16.8. The summed E-state index contributed by atoms with van der Waals surface area (Å²) in [6.45, 7) is 12.9. The SMILES string of the molecule is Cc1ccc(-c2cnc(C(O[Si](C)(C)C(C)(C)C)C3Cc4ccc(Oc5ccccc5)cc4C3)o2)nc1C(=O)O. The highest BCUT2D eigenvalue weighted by atomic mass is 28.4. The van der Waals surface area contributed by atoms with Crippen molar-refractivity contribution in [3.63, 3.8) is 0 Å². The number of nitrogens with zero attached hydrogens (tertiary/aromatic N) is 2. The number of pyridine rings is 1. The van der Waals surface area contributed by atoms with Gasteiger partial charge in [0.15, 0.2) is 19.8 Å². The summed E-state index contributed by atoms with van der Waals surface area (Å²) in [5.41, 5.74) is 3.54. The topological polar surface area (TPSA) is 94.7 Å². The Kier molecular flexibility index (Phi) is 7.42. The molecule has 0 fully saturated rings. The van der Waals surface area contributed by atoms with Gasteiger partial charge < -0.3 is 18.7 Å². The number of hydrogen-bond donors (Lipinski definition) is 1. The molecule has 2 aromatic carbocycles. The van der Waals surface area contributed by atoms with Gasteiger partial charge in [-0.2, -0.15) is 0 Å². The first kappa shape index (κ1) is 27.8. The fourth-order valence-corrected chi connectivity index (χ4v) is 6.07. The zero-order valence-electron chi connectivity index (χ0n) is 23.9. The number of carboxylic acid groups (broad SMARTS) is 1. The summed E-state index contributed by atoms with van der Waals surface area (Å²) in [5.74, 6) is 1.60. The maximum atomic E-state index is 11.6. The molecule has 4 aromatic rings. The van der Waals surface area contributed by atoms with Crippen LogP contribution in [0.2, 0.25) is 18.1 Å². The fourth-order valence-electron chi connectivity index (χ4n) is 4.79. The lowest BCUT2D eigenvalue weighted by atomic mass is 9.99. The number of hydrogen-bond acceptors (Lipinski definition) is 6. The number of fused-ring (bicyclic) bond motifs is 1. The van der Waals surface area contributed by atoms with E-state index in [1.54, 1.807) is 25.3 Å². The first-order valence-electron chi connectivity index (χ1n) is 13.6. The Balaban J connectivity index is 1.45. The summed E-state index contributed by atoms with van der Waals surface area (Å²) in [6, 6.07) is 19.6. The van der Waals surface area contributed by atoms with E-state index in [1.165, 1.54) is 11.1 Å². The number of para-hydroxylation sites is 1. The van der Waals surface area contributed by atoms with Crippen LogP contribution in [-0.4, -0.2) is 29.4 Å². The molecule has 208 valence electrons. The Labute approximate surface area is 236 Å². The molecule has 0 saturated carbocycles. The molecule has 0 bridgehead atoms. The summed E-state index contributed by atoms with van der Waals surface area (Å²) < 4.78 is 19.4. The monoisotopic (exact) mass is 556 g/mol. The molecule has 0 radical (unpaired) electrons. The molecule has 2 atom stereocenters. The minimum absolute atomic E-state index is 0.00226. The Bertz CT molecular complexity index is 1520. The predicted molar refractivity (Wildman–Crippen MR) is 156 cm³/mol. The second kappa shape index (κ2) is 10.7. The Morgan fingerprint density at radius 1 is 1.02 bits per heavy atom. The first-order valence-corrected chi connectivity index (χ1v) is 16.5. The van der Waals surface area contributed by atoms with Gasteiger partial charge in [-0.05, 0) is 84.9 Å². The van der Waals surface area contributed by atoms with Gasteiger partial charge >= 0.3 is 5.97 Å². The van der Waals surface area contributed by atoms with E-state index in [1.807, 2.05) is 36.4 Å². The third-order valence-corrected chi connectivity index (χ3v) is 12.6. The fraction of sp³-hybridized carbons (Fsp3) is 0.344. The van der Waals surface area contributed by atoms with Gasteiger partial charge in [0.05, 0.1) is 6.20 Å². The first-order chi connectivity index (χ1) is 18.9. The molecule has 2 heterocycles. The highest BCUT2D eigenvalue weighted by Gasteiger charge is 2.44. The lowest BCUT2D eigenvalue weighted by molar-refractivity contribution is 0.0689. The number of ether oxygens (including phenoxy) is 1. The normalized spacial score (nSPS) is 16.0. The van der Waals surface area contributed by atoms with Crippen molar-refractivity contribution in [1.29, 1.82) is 0 Å². The molecule has 0 amide bonds. The van der Waals surface area contributed by atoms with Crippen molar-refractivity contribution in [1.82, 2.24) is 9.97 Å². The quantitative estimate of drug-likeness (QED) is 0.220. The number of rotatable bonds is 8. The third-order valence-electron chi connectivity index (χ3n) is 8.10. The second-order valence-electron chi connectivity index (χ2n) is 12.0. The minimum atomic E-state index is -2.20.